The van der Waals surface area contributed by atoms with Gasteiger partial charge in [-0.2, -0.15) is 5.10 Å². The molecule has 130 valence electrons. The lowest BCUT2D eigenvalue weighted by atomic mass is 9.90. The zero-order valence-corrected chi connectivity index (χ0v) is 14.8. The number of hydrogen-bond donors (Lipinski definition) is 0. The molecule has 2 aliphatic rings. The van der Waals surface area contributed by atoms with Gasteiger partial charge in [0.2, 0.25) is 0 Å². The molecule has 3 heterocycles. The van der Waals surface area contributed by atoms with Crippen LogP contribution in [0, 0.1) is 0 Å². The summed E-state index contributed by atoms with van der Waals surface area (Å²) in [5.41, 5.74) is 1.22. The minimum absolute atomic E-state index is 0.178. The molecule has 2 fully saturated rings. The number of rotatable bonds is 5. The maximum Gasteiger partial charge on any atom is 0.137 e. The van der Waals surface area contributed by atoms with Gasteiger partial charge in [-0.1, -0.05) is 19.3 Å². The summed E-state index contributed by atoms with van der Waals surface area (Å²) in [4.78, 5) is 11.4. The normalized spacial score (nSPS) is 23.6. The van der Waals surface area contributed by atoms with E-state index in [2.05, 4.69) is 20.4 Å². The number of aromatic nitrogens is 4. The zero-order valence-electron chi connectivity index (χ0n) is 14.0. The van der Waals surface area contributed by atoms with Crippen molar-refractivity contribution < 1.29 is 4.74 Å². The third kappa shape index (κ3) is 4.02. The van der Waals surface area contributed by atoms with Gasteiger partial charge in [0.15, 0.2) is 0 Å². The van der Waals surface area contributed by atoms with E-state index in [1.165, 1.54) is 42.8 Å². The third-order valence-electron chi connectivity index (χ3n) is 4.99. The lowest BCUT2D eigenvalue weighted by Crippen LogP contribution is -2.43. The average Bonchev–Trinajstić information content (AvgIpc) is 3.28. The summed E-state index contributed by atoms with van der Waals surface area (Å²) in [6.07, 6.45) is 10.3. The van der Waals surface area contributed by atoms with Crippen LogP contribution >= 0.6 is 11.3 Å². The predicted molar refractivity (Wildman–Crippen MR) is 93.0 cm³/mol. The van der Waals surface area contributed by atoms with Crippen molar-refractivity contribution in [3.8, 4) is 0 Å². The van der Waals surface area contributed by atoms with E-state index in [4.69, 9.17) is 9.72 Å². The first-order valence-electron chi connectivity index (χ1n) is 8.97. The maximum absolute atomic E-state index is 5.87. The Morgan fingerprint density at radius 2 is 2.17 bits per heavy atom. The average molecular weight is 347 g/mol. The van der Waals surface area contributed by atoms with E-state index in [0.29, 0.717) is 5.92 Å². The van der Waals surface area contributed by atoms with Gasteiger partial charge < -0.3 is 4.74 Å². The van der Waals surface area contributed by atoms with Gasteiger partial charge >= 0.3 is 0 Å². The molecule has 1 saturated carbocycles. The van der Waals surface area contributed by atoms with Gasteiger partial charge in [-0.15, -0.1) is 11.3 Å². The fourth-order valence-corrected chi connectivity index (χ4v) is 4.71. The Hall–Kier alpha value is -1.31. The molecule has 2 aromatic rings. The van der Waals surface area contributed by atoms with Crippen molar-refractivity contribution in [1.29, 1.82) is 0 Å². The summed E-state index contributed by atoms with van der Waals surface area (Å²) >= 11 is 1.86. The van der Waals surface area contributed by atoms with Crippen molar-refractivity contribution >= 4 is 11.3 Å². The van der Waals surface area contributed by atoms with Gasteiger partial charge in [-0.3, -0.25) is 9.58 Å². The van der Waals surface area contributed by atoms with Crippen LogP contribution in [-0.4, -0.2) is 50.4 Å². The molecule has 7 heteroatoms. The Bertz CT molecular complexity index is 623. The van der Waals surface area contributed by atoms with Crippen LogP contribution in [0.2, 0.25) is 0 Å². The molecule has 2 aromatic heterocycles. The lowest BCUT2D eigenvalue weighted by Gasteiger charge is -2.32. The van der Waals surface area contributed by atoms with Crippen LogP contribution in [0.5, 0.6) is 0 Å². The van der Waals surface area contributed by atoms with Gasteiger partial charge in [-0.05, 0) is 12.8 Å². The highest BCUT2D eigenvalue weighted by Gasteiger charge is 2.23. The Morgan fingerprint density at radius 1 is 1.25 bits per heavy atom. The zero-order chi connectivity index (χ0) is 16.2. The number of ether oxygens (including phenoxy) is 1. The molecular weight excluding hydrogens is 322 g/mol. The minimum atomic E-state index is 0.178. The highest BCUT2D eigenvalue weighted by Crippen LogP contribution is 2.34. The third-order valence-corrected chi connectivity index (χ3v) is 6.05. The van der Waals surface area contributed by atoms with Crippen LogP contribution in [0.15, 0.2) is 18.0 Å². The molecular formula is C17H25N5OS. The van der Waals surface area contributed by atoms with Gasteiger partial charge in [0.05, 0.1) is 30.0 Å². The van der Waals surface area contributed by atoms with Crippen LogP contribution in [-0.2, 0) is 17.8 Å². The molecule has 0 N–H and O–H groups in total. The van der Waals surface area contributed by atoms with E-state index in [-0.39, 0.29) is 6.10 Å². The first-order chi connectivity index (χ1) is 11.9. The molecule has 0 radical (unpaired) electrons. The highest BCUT2D eigenvalue weighted by atomic mass is 32.1. The molecule has 1 aliphatic carbocycles. The molecule has 1 saturated heterocycles. The molecule has 4 rings (SSSR count). The van der Waals surface area contributed by atoms with E-state index in [9.17, 15) is 0 Å². The fraction of sp³-hybridized carbons (Fsp3) is 0.706. The fourth-order valence-electron chi connectivity index (χ4n) is 3.73. The number of thiazole rings is 1. The van der Waals surface area contributed by atoms with Crippen LogP contribution in [0.4, 0.5) is 0 Å². The Kier molecular flexibility index (Phi) is 5.20. The van der Waals surface area contributed by atoms with Crippen LogP contribution in [0.3, 0.4) is 0 Å². The molecule has 0 spiro atoms. The summed E-state index contributed by atoms with van der Waals surface area (Å²) in [6.45, 7) is 4.38. The highest BCUT2D eigenvalue weighted by molar-refractivity contribution is 7.09. The number of nitrogens with zero attached hydrogens (tertiary/aromatic N) is 5. The molecule has 0 amide bonds. The predicted octanol–water partition coefficient (Wildman–Crippen LogP) is 2.68. The van der Waals surface area contributed by atoms with Gasteiger partial charge in [0.25, 0.3) is 0 Å². The van der Waals surface area contributed by atoms with Crippen molar-refractivity contribution in [2.45, 2.75) is 57.2 Å². The van der Waals surface area contributed by atoms with Crippen molar-refractivity contribution in [1.82, 2.24) is 24.6 Å². The van der Waals surface area contributed by atoms with Gasteiger partial charge in [0, 0.05) is 30.9 Å². The number of morpholine rings is 1. The molecule has 0 unspecified atom stereocenters. The first-order valence-corrected chi connectivity index (χ1v) is 9.85. The van der Waals surface area contributed by atoms with E-state index >= 15 is 0 Å². The smallest absolute Gasteiger partial charge is 0.137 e. The van der Waals surface area contributed by atoms with Crippen molar-refractivity contribution in [2.75, 3.05) is 19.7 Å². The Labute approximate surface area is 146 Å². The van der Waals surface area contributed by atoms with Crippen LogP contribution < -0.4 is 0 Å². The van der Waals surface area contributed by atoms with Crippen LogP contribution in [0.1, 0.15) is 48.7 Å². The molecule has 0 bridgehead atoms. The summed E-state index contributed by atoms with van der Waals surface area (Å²) in [5, 5.41) is 7.79. The topological polar surface area (TPSA) is 56.1 Å². The largest absolute Gasteiger partial charge is 0.374 e. The summed E-state index contributed by atoms with van der Waals surface area (Å²) in [6, 6.07) is 0. The van der Waals surface area contributed by atoms with Gasteiger partial charge in [-0.25, -0.2) is 9.97 Å². The SMILES string of the molecule is c1ncn(C[C@@H]2CN(Cc3csc(C4CCCCC4)n3)CCO2)n1. The van der Waals surface area contributed by atoms with Crippen molar-refractivity contribution in [3.63, 3.8) is 0 Å². The molecule has 1 atom stereocenters. The Morgan fingerprint density at radius 3 is 3.00 bits per heavy atom. The second kappa shape index (κ2) is 7.72. The number of hydrogen-bond acceptors (Lipinski definition) is 6. The van der Waals surface area contributed by atoms with E-state index in [1.807, 2.05) is 16.0 Å². The minimum Gasteiger partial charge on any atom is -0.374 e. The van der Waals surface area contributed by atoms with Crippen molar-refractivity contribution in [2.24, 2.45) is 0 Å². The summed E-state index contributed by atoms with van der Waals surface area (Å²) in [5.74, 6) is 0.710. The van der Waals surface area contributed by atoms with E-state index in [0.717, 1.165) is 32.8 Å². The summed E-state index contributed by atoms with van der Waals surface area (Å²) in [7, 11) is 0. The van der Waals surface area contributed by atoms with E-state index < -0.39 is 0 Å². The quantitative estimate of drug-likeness (QED) is 0.832. The molecule has 24 heavy (non-hydrogen) atoms. The molecule has 0 aromatic carbocycles. The second-order valence-corrected chi connectivity index (χ2v) is 7.75. The standard InChI is InChI=1S/C17H25N5OS/c1-2-4-14(5-3-1)17-20-15(11-24-17)8-21-6-7-23-16(9-21)10-22-13-18-12-19-22/h11-14,16H,1-10H2/t16-/m0/s1. The second-order valence-electron chi connectivity index (χ2n) is 6.86. The summed E-state index contributed by atoms with van der Waals surface area (Å²) < 4.78 is 7.72. The van der Waals surface area contributed by atoms with Crippen molar-refractivity contribution in [3.05, 3.63) is 28.7 Å². The van der Waals surface area contributed by atoms with Gasteiger partial charge in [0.1, 0.15) is 12.7 Å². The first kappa shape index (κ1) is 16.2. The monoisotopic (exact) mass is 347 g/mol. The molecule has 6 nitrogen and oxygen atoms in total. The Balaban J connectivity index is 1.32. The maximum atomic E-state index is 5.87. The molecule has 1 aliphatic heterocycles. The van der Waals surface area contributed by atoms with E-state index in [1.54, 1.807) is 12.7 Å². The van der Waals surface area contributed by atoms with Crippen LogP contribution in [0.25, 0.3) is 0 Å². The lowest BCUT2D eigenvalue weighted by molar-refractivity contribution is -0.0405.